The molecule has 2 amide bonds. The minimum atomic E-state index is -0.648. The lowest BCUT2D eigenvalue weighted by molar-refractivity contribution is -0.126. The van der Waals surface area contributed by atoms with Crippen LogP contribution in [0.4, 0.5) is 0 Å². The van der Waals surface area contributed by atoms with E-state index in [4.69, 9.17) is 5.73 Å². The number of rotatable bonds is 5. The molecule has 0 rings (SSSR count). The summed E-state index contributed by atoms with van der Waals surface area (Å²) < 4.78 is 0. The smallest absolute Gasteiger partial charge is 0.239 e. The first kappa shape index (κ1) is 11.6. The third-order valence-electron chi connectivity index (χ3n) is 1.19. The standard InChI is InChI=1S/C7H12N3O3/c1-5(8)7(13)10-4-6(12)9-2-3-11/h5H,2,4,8H2,1H3,(H,9,12)(H,10,13)/t5-/m0/s1. The molecule has 0 saturated carbocycles. The van der Waals surface area contributed by atoms with Crippen molar-refractivity contribution < 1.29 is 14.4 Å². The fraction of sp³-hybridized carbons (Fsp3) is 0.571. The van der Waals surface area contributed by atoms with Crippen LogP contribution in [0, 0.1) is 0 Å². The van der Waals surface area contributed by atoms with Gasteiger partial charge in [0.15, 0.2) is 0 Å². The largest absolute Gasteiger partial charge is 0.347 e. The Morgan fingerprint density at radius 1 is 1.46 bits per heavy atom. The zero-order valence-corrected chi connectivity index (χ0v) is 7.29. The molecule has 6 nitrogen and oxygen atoms in total. The van der Waals surface area contributed by atoms with Crippen LogP contribution >= 0.6 is 0 Å². The summed E-state index contributed by atoms with van der Waals surface area (Å²) in [5.74, 6) is -0.859. The van der Waals surface area contributed by atoms with E-state index in [-0.39, 0.29) is 13.1 Å². The molecule has 6 heteroatoms. The van der Waals surface area contributed by atoms with Crippen molar-refractivity contribution in [2.45, 2.75) is 13.0 Å². The van der Waals surface area contributed by atoms with Crippen molar-refractivity contribution in [1.82, 2.24) is 10.6 Å². The zero-order valence-electron chi connectivity index (χ0n) is 7.29. The Labute approximate surface area is 75.9 Å². The van der Waals surface area contributed by atoms with Gasteiger partial charge in [0.25, 0.3) is 0 Å². The molecule has 0 heterocycles. The fourth-order valence-corrected chi connectivity index (χ4v) is 0.526. The molecule has 1 atom stereocenters. The van der Waals surface area contributed by atoms with Gasteiger partial charge in [0.2, 0.25) is 18.1 Å². The van der Waals surface area contributed by atoms with Gasteiger partial charge in [0.05, 0.1) is 19.1 Å². The first-order valence-electron chi connectivity index (χ1n) is 3.73. The second-order valence-electron chi connectivity index (χ2n) is 2.43. The molecule has 0 aromatic heterocycles. The highest BCUT2D eigenvalue weighted by Crippen LogP contribution is 1.73. The van der Waals surface area contributed by atoms with E-state index in [1.807, 2.05) is 0 Å². The SMILES string of the molecule is C[C@H](N)C(=O)NCC(=O)NC[C]=O. The molecule has 0 spiro atoms. The number of hydrogen-bond donors (Lipinski definition) is 3. The predicted molar refractivity (Wildman–Crippen MR) is 45.4 cm³/mol. The molecule has 0 aliphatic carbocycles. The number of amides is 2. The number of nitrogens with one attached hydrogen (secondary N) is 2. The van der Waals surface area contributed by atoms with Gasteiger partial charge in [-0.25, -0.2) is 0 Å². The summed E-state index contributed by atoms with van der Waals surface area (Å²) in [4.78, 5) is 31.3. The van der Waals surface area contributed by atoms with Crippen molar-refractivity contribution in [1.29, 1.82) is 0 Å². The Kier molecular flexibility index (Phi) is 5.45. The number of carbonyl (C=O) groups is 2. The summed E-state index contributed by atoms with van der Waals surface area (Å²) in [5, 5.41) is 4.49. The Morgan fingerprint density at radius 2 is 2.08 bits per heavy atom. The first-order valence-corrected chi connectivity index (χ1v) is 3.73. The highest BCUT2D eigenvalue weighted by molar-refractivity contribution is 5.87. The van der Waals surface area contributed by atoms with E-state index < -0.39 is 17.9 Å². The van der Waals surface area contributed by atoms with E-state index >= 15 is 0 Å². The van der Waals surface area contributed by atoms with Crippen LogP contribution in [0.25, 0.3) is 0 Å². The van der Waals surface area contributed by atoms with E-state index in [2.05, 4.69) is 10.6 Å². The van der Waals surface area contributed by atoms with Gasteiger partial charge < -0.3 is 16.4 Å². The highest BCUT2D eigenvalue weighted by atomic mass is 16.2. The molecule has 1 radical (unpaired) electrons. The molecular weight excluding hydrogens is 174 g/mol. The molecular formula is C7H12N3O3. The molecule has 73 valence electrons. The average Bonchev–Trinajstić information content (AvgIpc) is 2.10. The molecule has 0 aromatic carbocycles. The van der Waals surface area contributed by atoms with Crippen LogP contribution in [0.2, 0.25) is 0 Å². The van der Waals surface area contributed by atoms with Gasteiger partial charge in [0, 0.05) is 0 Å². The van der Waals surface area contributed by atoms with Crippen molar-refractivity contribution >= 4 is 18.1 Å². The Balaban J connectivity index is 3.57. The van der Waals surface area contributed by atoms with E-state index in [1.54, 1.807) is 0 Å². The van der Waals surface area contributed by atoms with Gasteiger partial charge in [0.1, 0.15) is 0 Å². The van der Waals surface area contributed by atoms with Crippen LogP contribution in [-0.2, 0) is 14.4 Å². The van der Waals surface area contributed by atoms with E-state index in [9.17, 15) is 14.4 Å². The van der Waals surface area contributed by atoms with Gasteiger partial charge >= 0.3 is 0 Å². The third kappa shape index (κ3) is 5.80. The molecule has 0 aliphatic rings. The van der Waals surface area contributed by atoms with Crippen molar-refractivity contribution in [2.75, 3.05) is 13.1 Å². The van der Waals surface area contributed by atoms with Crippen LogP contribution in [0.15, 0.2) is 0 Å². The van der Waals surface area contributed by atoms with Gasteiger partial charge in [-0.2, -0.15) is 0 Å². The Bertz CT molecular complexity index is 203. The second-order valence-corrected chi connectivity index (χ2v) is 2.43. The molecule has 0 fully saturated rings. The van der Waals surface area contributed by atoms with Crippen molar-refractivity contribution in [2.24, 2.45) is 5.73 Å². The van der Waals surface area contributed by atoms with Crippen LogP contribution < -0.4 is 16.4 Å². The van der Waals surface area contributed by atoms with E-state index in [0.717, 1.165) is 0 Å². The fourth-order valence-electron chi connectivity index (χ4n) is 0.526. The Hall–Kier alpha value is -1.43. The topological polar surface area (TPSA) is 101 Å². The molecule has 13 heavy (non-hydrogen) atoms. The lowest BCUT2D eigenvalue weighted by Gasteiger charge is -2.06. The lowest BCUT2D eigenvalue weighted by atomic mass is 10.3. The highest BCUT2D eigenvalue weighted by Gasteiger charge is 2.08. The summed E-state index contributed by atoms with van der Waals surface area (Å²) in [6.45, 7) is 1.15. The number of nitrogens with two attached hydrogens (primary N) is 1. The second kappa shape index (κ2) is 6.13. The minimum absolute atomic E-state index is 0.174. The molecule has 0 aliphatic heterocycles. The summed E-state index contributed by atoms with van der Waals surface area (Å²) in [5.41, 5.74) is 5.22. The summed E-state index contributed by atoms with van der Waals surface area (Å²) in [6, 6.07) is -0.648. The quantitative estimate of drug-likeness (QED) is 0.448. The minimum Gasteiger partial charge on any atom is -0.347 e. The Morgan fingerprint density at radius 3 is 2.54 bits per heavy atom. The van der Waals surface area contributed by atoms with Crippen LogP contribution in [-0.4, -0.2) is 37.2 Å². The van der Waals surface area contributed by atoms with E-state index in [0.29, 0.717) is 0 Å². The maximum absolute atomic E-state index is 10.8. The third-order valence-corrected chi connectivity index (χ3v) is 1.19. The number of hydrogen-bond acceptors (Lipinski definition) is 4. The summed E-state index contributed by atoms with van der Waals surface area (Å²) >= 11 is 0. The number of carbonyl (C=O) groups excluding carboxylic acids is 3. The zero-order chi connectivity index (χ0) is 10.3. The van der Waals surface area contributed by atoms with Gasteiger partial charge in [-0.3, -0.25) is 14.4 Å². The first-order chi connectivity index (χ1) is 6.07. The maximum atomic E-state index is 10.8. The predicted octanol–water partition coefficient (Wildman–Crippen LogP) is -2.32. The summed E-state index contributed by atoms with van der Waals surface area (Å²) in [7, 11) is 0. The molecule has 4 N–H and O–H groups in total. The van der Waals surface area contributed by atoms with Gasteiger partial charge in [-0.05, 0) is 6.92 Å². The van der Waals surface area contributed by atoms with Gasteiger partial charge in [-0.1, -0.05) is 0 Å². The monoisotopic (exact) mass is 186 g/mol. The molecule has 0 aromatic rings. The van der Waals surface area contributed by atoms with E-state index in [1.165, 1.54) is 13.2 Å². The van der Waals surface area contributed by atoms with Crippen LogP contribution in [0.5, 0.6) is 0 Å². The summed E-state index contributed by atoms with van der Waals surface area (Å²) in [6.07, 6.45) is 1.49. The molecule has 0 unspecified atom stereocenters. The van der Waals surface area contributed by atoms with Crippen molar-refractivity contribution in [3.63, 3.8) is 0 Å². The lowest BCUT2D eigenvalue weighted by Crippen LogP contribution is -2.43. The van der Waals surface area contributed by atoms with Gasteiger partial charge in [-0.15, -0.1) is 0 Å². The van der Waals surface area contributed by atoms with Crippen molar-refractivity contribution in [3.05, 3.63) is 0 Å². The van der Waals surface area contributed by atoms with Crippen LogP contribution in [0.1, 0.15) is 6.92 Å². The average molecular weight is 186 g/mol. The molecule has 0 saturated heterocycles. The normalized spacial score (nSPS) is 11.5. The van der Waals surface area contributed by atoms with Crippen molar-refractivity contribution in [3.8, 4) is 0 Å². The molecule has 0 bridgehead atoms. The maximum Gasteiger partial charge on any atom is 0.239 e. The van der Waals surface area contributed by atoms with Crippen LogP contribution in [0.3, 0.4) is 0 Å².